The first-order valence-corrected chi connectivity index (χ1v) is 8.42. The number of nitrogens with two attached hydrogens (primary N) is 1. The van der Waals surface area contributed by atoms with E-state index < -0.39 is 35.0 Å². The summed E-state index contributed by atoms with van der Waals surface area (Å²) in [6.45, 7) is -0.606. The fourth-order valence-electron chi connectivity index (χ4n) is 2.30. The predicted octanol–water partition coefficient (Wildman–Crippen LogP) is 2.31. The van der Waals surface area contributed by atoms with E-state index in [4.69, 9.17) is 22.1 Å². The van der Waals surface area contributed by atoms with E-state index in [0.717, 1.165) is 6.07 Å². The van der Waals surface area contributed by atoms with Crippen LogP contribution in [0.3, 0.4) is 0 Å². The minimum Gasteiger partial charge on any atom is -0.452 e. The van der Waals surface area contributed by atoms with Gasteiger partial charge in [0, 0.05) is 24.7 Å². The van der Waals surface area contributed by atoms with Crippen molar-refractivity contribution in [1.82, 2.24) is 0 Å². The maximum Gasteiger partial charge on any atom is 0.338 e. The van der Waals surface area contributed by atoms with Crippen molar-refractivity contribution in [3.8, 4) is 0 Å². The maximum absolute atomic E-state index is 12.5. The Labute approximate surface area is 164 Å². The number of hydrogen-bond acceptors (Lipinski definition) is 6. The number of nitrogens with zero attached hydrogens (tertiary/aromatic N) is 2. The van der Waals surface area contributed by atoms with E-state index in [1.54, 1.807) is 30.3 Å². The number of ether oxygens (including phenoxy) is 1. The van der Waals surface area contributed by atoms with Gasteiger partial charge in [-0.1, -0.05) is 29.8 Å². The molecule has 0 bridgehead atoms. The van der Waals surface area contributed by atoms with Crippen molar-refractivity contribution in [3.63, 3.8) is 0 Å². The van der Waals surface area contributed by atoms with Crippen molar-refractivity contribution in [2.75, 3.05) is 18.1 Å². The Balaban J connectivity index is 2.09. The summed E-state index contributed by atoms with van der Waals surface area (Å²) in [6.07, 6.45) is -0.0715. The van der Waals surface area contributed by atoms with Crippen LogP contribution in [0.15, 0.2) is 48.5 Å². The van der Waals surface area contributed by atoms with Crippen LogP contribution >= 0.6 is 11.6 Å². The number of carbonyl (C=O) groups is 3. The van der Waals surface area contributed by atoms with E-state index in [2.05, 4.69) is 0 Å². The third kappa shape index (κ3) is 5.52. The lowest BCUT2D eigenvalue weighted by atomic mass is 10.2. The summed E-state index contributed by atoms with van der Waals surface area (Å²) in [5, 5.41) is 10.8. The average molecular weight is 406 g/mol. The Kier molecular flexibility index (Phi) is 7.05. The van der Waals surface area contributed by atoms with Crippen LogP contribution in [0, 0.1) is 10.1 Å². The van der Waals surface area contributed by atoms with Crippen LogP contribution in [0.1, 0.15) is 16.8 Å². The molecule has 0 saturated carbocycles. The Bertz CT molecular complexity index is 903. The van der Waals surface area contributed by atoms with Crippen molar-refractivity contribution >= 4 is 40.8 Å². The molecule has 0 fully saturated rings. The molecule has 0 radical (unpaired) electrons. The van der Waals surface area contributed by atoms with E-state index >= 15 is 0 Å². The molecule has 2 aromatic carbocycles. The molecule has 2 N–H and O–H groups in total. The average Bonchev–Trinajstić information content (AvgIpc) is 2.67. The number of halogens is 1. The molecule has 2 aromatic rings. The summed E-state index contributed by atoms with van der Waals surface area (Å²) >= 11 is 5.70. The van der Waals surface area contributed by atoms with Gasteiger partial charge >= 0.3 is 5.97 Å². The lowest BCUT2D eigenvalue weighted by Gasteiger charge is -2.22. The lowest BCUT2D eigenvalue weighted by Crippen LogP contribution is -2.37. The van der Waals surface area contributed by atoms with E-state index in [0.29, 0.717) is 5.69 Å². The molecule has 0 aliphatic rings. The van der Waals surface area contributed by atoms with Gasteiger partial charge in [-0.15, -0.1) is 0 Å². The molecule has 28 heavy (non-hydrogen) atoms. The summed E-state index contributed by atoms with van der Waals surface area (Å²) in [7, 11) is 0. The Morgan fingerprint density at radius 3 is 2.43 bits per heavy atom. The SMILES string of the molecule is NC(=O)CCN(C(=O)COC(=O)c1ccc(Cl)c([N+](=O)[O-])c1)c1ccccc1. The fraction of sp³-hybridized carbons (Fsp3) is 0.167. The highest BCUT2D eigenvalue weighted by atomic mass is 35.5. The van der Waals surface area contributed by atoms with Gasteiger partial charge in [-0.3, -0.25) is 19.7 Å². The second-order valence-electron chi connectivity index (χ2n) is 5.60. The van der Waals surface area contributed by atoms with Crippen molar-refractivity contribution in [2.24, 2.45) is 5.73 Å². The molecule has 0 atom stereocenters. The van der Waals surface area contributed by atoms with Gasteiger partial charge < -0.3 is 15.4 Å². The lowest BCUT2D eigenvalue weighted by molar-refractivity contribution is -0.384. The van der Waals surface area contributed by atoms with Gasteiger partial charge in [-0.05, 0) is 24.3 Å². The third-order valence-electron chi connectivity index (χ3n) is 3.66. The summed E-state index contributed by atoms with van der Waals surface area (Å²) in [5.41, 5.74) is 5.08. The summed E-state index contributed by atoms with van der Waals surface area (Å²) in [6, 6.07) is 11.9. The van der Waals surface area contributed by atoms with Crippen LogP contribution in [0.2, 0.25) is 5.02 Å². The molecule has 146 valence electrons. The first-order chi connectivity index (χ1) is 13.3. The number of carbonyl (C=O) groups excluding carboxylic acids is 3. The van der Waals surface area contributed by atoms with Crippen LogP contribution in [0.25, 0.3) is 0 Å². The molecule has 9 nitrogen and oxygen atoms in total. The van der Waals surface area contributed by atoms with Gasteiger partial charge in [0.15, 0.2) is 6.61 Å². The highest BCUT2D eigenvalue weighted by Crippen LogP contribution is 2.25. The Morgan fingerprint density at radius 2 is 1.82 bits per heavy atom. The van der Waals surface area contributed by atoms with Crippen molar-refractivity contribution in [2.45, 2.75) is 6.42 Å². The second kappa shape index (κ2) is 9.47. The molecule has 0 unspecified atom stereocenters. The molecular formula is C18H16ClN3O6. The Hall–Kier alpha value is -3.46. The highest BCUT2D eigenvalue weighted by molar-refractivity contribution is 6.32. The molecule has 0 aliphatic carbocycles. The number of anilines is 1. The van der Waals surface area contributed by atoms with Gasteiger partial charge in [0.1, 0.15) is 5.02 Å². The zero-order valence-corrected chi connectivity index (χ0v) is 15.3. The minimum absolute atomic E-state index is 0.0160. The molecule has 0 spiro atoms. The quantitative estimate of drug-likeness (QED) is 0.407. The first-order valence-electron chi connectivity index (χ1n) is 8.04. The molecule has 10 heteroatoms. The Morgan fingerprint density at radius 1 is 1.14 bits per heavy atom. The monoisotopic (exact) mass is 405 g/mol. The second-order valence-corrected chi connectivity index (χ2v) is 6.00. The predicted molar refractivity (Wildman–Crippen MR) is 101 cm³/mol. The summed E-state index contributed by atoms with van der Waals surface area (Å²) in [4.78, 5) is 47.1. The highest BCUT2D eigenvalue weighted by Gasteiger charge is 2.21. The molecule has 0 aromatic heterocycles. The number of primary amides is 1. The first kappa shape index (κ1) is 20.8. The smallest absolute Gasteiger partial charge is 0.338 e. The zero-order chi connectivity index (χ0) is 20.7. The number of nitro benzene ring substituents is 1. The number of nitro groups is 1. The molecule has 0 saturated heterocycles. The number of benzene rings is 2. The van der Waals surface area contributed by atoms with Crippen LogP contribution < -0.4 is 10.6 Å². The summed E-state index contributed by atoms with van der Waals surface area (Å²) in [5.74, 6) is -2.08. The molecular weight excluding hydrogens is 390 g/mol. The molecule has 2 rings (SSSR count). The number of rotatable bonds is 8. The van der Waals surface area contributed by atoms with E-state index in [1.807, 2.05) is 0 Å². The fourth-order valence-corrected chi connectivity index (χ4v) is 2.48. The van der Waals surface area contributed by atoms with Gasteiger partial charge in [0.25, 0.3) is 11.6 Å². The van der Waals surface area contributed by atoms with E-state index in [9.17, 15) is 24.5 Å². The summed E-state index contributed by atoms with van der Waals surface area (Å²) < 4.78 is 4.96. The molecule has 0 heterocycles. The number of esters is 1. The minimum atomic E-state index is -0.920. The van der Waals surface area contributed by atoms with Crippen LogP contribution in [-0.4, -0.2) is 35.9 Å². The van der Waals surface area contributed by atoms with E-state index in [1.165, 1.54) is 17.0 Å². The standard InChI is InChI=1S/C18H16ClN3O6/c19-14-7-6-12(10-15(14)22(26)27)18(25)28-11-17(24)21(9-8-16(20)23)13-4-2-1-3-5-13/h1-7,10H,8-9,11H2,(H2,20,23). The third-order valence-corrected chi connectivity index (χ3v) is 3.98. The van der Waals surface area contributed by atoms with Crippen molar-refractivity contribution < 1.29 is 24.0 Å². The van der Waals surface area contributed by atoms with Crippen LogP contribution in [-0.2, 0) is 14.3 Å². The van der Waals surface area contributed by atoms with Crippen LogP contribution in [0.4, 0.5) is 11.4 Å². The van der Waals surface area contributed by atoms with Gasteiger partial charge in [0.2, 0.25) is 5.91 Å². The maximum atomic E-state index is 12.5. The van der Waals surface area contributed by atoms with Gasteiger partial charge in [-0.2, -0.15) is 0 Å². The number of para-hydroxylation sites is 1. The largest absolute Gasteiger partial charge is 0.452 e. The van der Waals surface area contributed by atoms with Crippen molar-refractivity contribution in [3.05, 3.63) is 69.2 Å². The molecule has 0 aliphatic heterocycles. The van der Waals surface area contributed by atoms with Gasteiger partial charge in [-0.25, -0.2) is 4.79 Å². The van der Waals surface area contributed by atoms with Crippen molar-refractivity contribution in [1.29, 1.82) is 0 Å². The molecule has 2 amide bonds. The topological polar surface area (TPSA) is 133 Å². The number of amides is 2. The van der Waals surface area contributed by atoms with Crippen LogP contribution in [0.5, 0.6) is 0 Å². The van der Waals surface area contributed by atoms with E-state index in [-0.39, 0.29) is 23.6 Å². The normalized spacial score (nSPS) is 10.2. The zero-order valence-electron chi connectivity index (χ0n) is 14.5. The van der Waals surface area contributed by atoms with Gasteiger partial charge in [0.05, 0.1) is 10.5 Å². The number of hydrogen-bond donors (Lipinski definition) is 1.